The molecular formula is C30H30N8S. The maximum absolute atomic E-state index is 10.1. The lowest BCUT2D eigenvalue weighted by molar-refractivity contribution is 0.260. The van der Waals surface area contributed by atoms with Crippen molar-refractivity contribution < 1.29 is 0 Å². The van der Waals surface area contributed by atoms with Crippen molar-refractivity contribution in [3.8, 4) is 18.4 Å². The Morgan fingerprint density at radius 2 is 2.08 bits per heavy atom. The number of hydrazine groups is 2. The molecule has 0 saturated heterocycles. The number of fused-ring (bicyclic) bond motifs is 2. The van der Waals surface area contributed by atoms with Gasteiger partial charge in [-0.1, -0.05) is 38.8 Å². The molecule has 6 rings (SSSR count). The van der Waals surface area contributed by atoms with Crippen molar-refractivity contribution in [1.29, 1.82) is 5.26 Å². The van der Waals surface area contributed by atoms with Gasteiger partial charge < -0.3 is 16.1 Å². The van der Waals surface area contributed by atoms with E-state index in [0.717, 1.165) is 44.8 Å². The molecule has 0 spiro atoms. The largest absolute Gasteiger partial charge is 0.383 e. The van der Waals surface area contributed by atoms with E-state index in [0.29, 0.717) is 22.7 Å². The number of nitrogens with zero attached hydrogens (tertiary/aromatic N) is 4. The fraction of sp³-hybridized carbons (Fsp3) is 0.300. The first-order valence-corrected chi connectivity index (χ1v) is 13.9. The van der Waals surface area contributed by atoms with Gasteiger partial charge in [0, 0.05) is 36.1 Å². The molecule has 0 amide bonds. The Labute approximate surface area is 232 Å². The minimum absolute atomic E-state index is 0.0367. The van der Waals surface area contributed by atoms with Crippen molar-refractivity contribution in [3.63, 3.8) is 0 Å². The molecule has 0 radical (unpaired) electrons. The zero-order valence-electron chi connectivity index (χ0n) is 22.2. The summed E-state index contributed by atoms with van der Waals surface area (Å²) in [6, 6.07) is 12.7. The highest BCUT2D eigenvalue weighted by Crippen LogP contribution is 2.38. The molecule has 2 aromatic carbocycles. The molecule has 9 heteroatoms. The van der Waals surface area contributed by atoms with E-state index in [4.69, 9.17) is 6.42 Å². The molecule has 3 heterocycles. The number of pyridine rings is 1. The van der Waals surface area contributed by atoms with Gasteiger partial charge in [-0.2, -0.15) is 5.26 Å². The minimum atomic E-state index is -0.218. The SMILES string of the molecule is C#Cc1cnc2c(C#N)cc(N[C@H](C3=CN(C4CC4)NN3)c3cccc4ncsc34)cc2c1NCC(C)(C)C. The average molecular weight is 535 g/mol. The van der Waals surface area contributed by atoms with Gasteiger partial charge in [0.15, 0.2) is 0 Å². The Hall–Kier alpha value is -4.31. The maximum Gasteiger partial charge on any atom is 0.102 e. The van der Waals surface area contributed by atoms with Crippen LogP contribution >= 0.6 is 11.3 Å². The second-order valence-electron chi connectivity index (χ2n) is 11.2. The van der Waals surface area contributed by atoms with Crippen LogP contribution in [0.2, 0.25) is 0 Å². The predicted molar refractivity (Wildman–Crippen MR) is 158 cm³/mol. The third-order valence-corrected chi connectivity index (χ3v) is 7.80. The Bertz CT molecular complexity index is 1680. The van der Waals surface area contributed by atoms with E-state index in [1.54, 1.807) is 17.5 Å². The number of benzene rings is 2. The minimum Gasteiger partial charge on any atom is -0.383 e. The fourth-order valence-corrected chi connectivity index (χ4v) is 5.62. The third-order valence-electron chi connectivity index (χ3n) is 6.91. The van der Waals surface area contributed by atoms with Crippen LogP contribution in [-0.2, 0) is 0 Å². The van der Waals surface area contributed by atoms with Crippen LogP contribution in [0.25, 0.3) is 21.1 Å². The molecule has 2 aliphatic rings. The molecule has 196 valence electrons. The molecule has 4 N–H and O–H groups in total. The van der Waals surface area contributed by atoms with Crippen LogP contribution in [0.1, 0.15) is 56.3 Å². The van der Waals surface area contributed by atoms with E-state index in [2.05, 4.69) is 81.6 Å². The number of hydrogen-bond acceptors (Lipinski definition) is 9. The number of hydrogen-bond donors (Lipinski definition) is 4. The molecule has 1 fully saturated rings. The maximum atomic E-state index is 10.1. The van der Waals surface area contributed by atoms with Gasteiger partial charge in [-0.3, -0.25) is 9.99 Å². The van der Waals surface area contributed by atoms with Crippen LogP contribution in [0.5, 0.6) is 0 Å². The molecule has 4 aromatic rings. The van der Waals surface area contributed by atoms with Crippen LogP contribution in [0.3, 0.4) is 0 Å². The normalized spacial score (nSPS) is 15.9. The summed E-state index contributed by atoms with van der Waals surface area (Å²) < 4.78 is 1.12. The summed E-state index contributed by atoms with van der Waals surface area (Å²) in [5, 5.41) is 20.3. The fourth-order valence-electron chi connectivity index (χ4n) is 4.79. The van der Waals surface area contributed by atoms with Crippen LogP contribution in [0.4, 0.5) is 11.4 Å². The summed E-state index contributed by atoms with van der Waals surface area (Å²) in [7, 11) is 0. The Kier molecular flexibility index (Phi) is 6.26. The number of anilines is 2. The summed E-state index contributed by atoms with van der Waals surface area (Å²) in [4.78, 5) is 9.11. The van der Waals surface area contributed by atoms with Crippen LogP contribution in [0.15, 0.2) is 53.9 Å². The zero-order chi connectivity index (χ0) is 27.1. The second-order valence-corrected chi connectivity index (χ2v) is 12.1. The van der Waals surface area contributed by atoms with E-state index in [9.17, 15) is 5.26 Å². The third kappa shape index (κ3) is 4.95. The van der Waals surface area contributed by atoms with Gasteiger partial charge in [0.25, 0.3) is 0 Å². The van der Waals surface area contributed by atoms with E-state index < -0.39 is 0 Å². The van der Waals surface area contributed by atoms with Gasteiger partial charge in [-0.05, 0) is 42.0 Å². The predicted octanol–water partition coefficient (Wildman–Crippen LogP) is 5.64. The van der Waals surface area contributed by atoms with Gasteiger partial charge >= 0.3 is 0 Å². The van der Waals surface area contributed by atoms with E-state index in [-0.39, 0.29) is 11.5 Å². The van der Waals surface area contributed by atoms with E-state index >= 15 is 0 Å². The first kappa shape index (κ1) is 25.0. The summed E-state index contributed by atoms with van der Waals surface area (Å²) in [5.41, 5.74) is 15.0. The van der Waals surface area contributed by atoms with Crippen LogP contribution in [-0.4, -0.2) is 27.6 Å². The Balaban J connectivity index is 1.47. The van der Waals surface area contributed by atoms with Gasteiger partial charge in [0.1, 0.15) is 6.07 Å². The number of terminal acetylenes is 1. The van der Waals surface area contributed by atoms with E-state index in [1.807, 2.05) is 29.8 Å². The highest BCUT2D eigenvalue weighted by Gasteiger charge is 2.33. The van der Waals surface area contributed by atoms with Gasteiger partial charge in [0.2, 0.25) is 0 Å². The standard InChI is InChI=1S/C30H30N8S/c1-5-18-14-32-27-19(13-31)11-20(12-23(27)26(18)33-16-30(2,3)4)35-28(25-15-38(37-36-25)21-9-10-21)22-7-6-8-24-29(22)39-17-34-24/h1,6-8,11-12,14-15,17,21,28,35-37H,9-10,16H2,2-4H3,(H,32,33)/t28-/m0/s1. The van der Waals surface area contributed by atoms with Crippen molar-refractivity contribution >= 4 is 43.8 Å². The van der Waals surface area contributed by atoms with Crippen LogP contribution < -0.4 is 21.6 Å². The molecular weight excluding hydrogens is 504 g/mol. The van der Waals surface area contributed by atoms with Crippen molar-refractivity contribution in [2.24, 2.45) is 5.41 Å². The van der Waals surface area contributed by atoms with Crippen molar-refractivity contribution in [2.45, 2.75) is 45.7 Å². The zero-order valence-corrected chi connectivity index (χ0v) is 23.0. The highest BCUT2D eigenvalue weighted by atomic mass is 32.1. The molecule has 0 unspecified atom stereocenters. The Morgan fingerprint density at radius 1 is 1.23 bits per heavy atom. The lowest BCUT2D eigenvalue weighted by Gasteiger charge is -2.24. The Morgan fingerprint density at radius 3 is 2.82 bits per heavy atom. The monoisotopic (exact) mass is 534 g/mol. The summed E-state index contributed by atoms with van der Waals surface area (Å²) >= 11 is 1.62. The molecule has 8 nitrogen and oxygen atoms in total. The molecule has 1 saturated carbocycles. The quantitative estimate of drug-likeness (QED) is 0.226. The lowest BCUT2D eigenvalue weighted by atomic mass is 9.96. The first-order chi connectivity index (χ1) is 18.8. The average Bonchev–Trinajstić information content (AvgIpc) is 3.45. The highest BCUT2D eigenvalue weighted by molar-refractivity contribution is 7.17. The molecule has 39 heavy (non-hydrogen) atoms. The topological polar surface area (TPSA) is 101 Å². The second kappa shape index (κ2) is 9.77. The number of thiazole rings is 1. The smallest absolute Gasteiger partial charge is 0.102 e. The van der Waals surface area contributed by atoms with Crippen molar-refractivity contribution in [2.75, 3.05) is 17.2 Å². The molecule has 1 atom stereocenters. The van der Waals surface area contributed by atoms with Gasteiger partial charge in [0.05, 0.1) is 49.8 Å². The number of rotatable bonds is 7. The van der Waals surface area contributed by atoms with E-state index in [1.165, 1.54) is 12.8 Å². The van der Waals surface area contributed by atoms with Crippen molar-refractivity contribution in [1.82, 2.24) is 25.9 Å². The van der Waals surface area contributed by atoms with Crippen molar-refractivity contribution in [3.05, 3.63) is 70.6 Å². The molecule has 2 aromatic heterocycles. The summed E-state index contributed by atoms with van der Waals surface area (Å²) in [5.74, 6) is 2.76. The first-order valence-electron chi connectivity index (χ1n) is 13.0. The summed E-state index contributed by atoms with van der Waals surface area (Å²) in [6.07, 6.45) is 12.0. The molecule has 1 aliphatic carbocycles. The van der Waals surface area contributed by atoms with Crippen LogP contribution in [0, 0.1) is 29.1 Å². The number of nitriles is 1. The molecule has 0 bridgehead atoms. The summed E-state index contributed by atoms with van der Waals surface area (Å²) in [6.45, 7) is 7.21. The molecule has 1 aliphatic heterocycles. The lowest BCUT2D eigenvalue weighted by Crippen LogP contribution is -2.38. The van der Waals surface area contributed by atoms with Gasteiger partial charge in [-0.25, -0.2) is 4.98 Å². The number of nitrogens with one attached hydrogen (secondary N) is 4. The number of aromatic nitrogens is 2. The van der Waals surface area contributed by atoms with Gasteiger partial charge in [-0.15, -0.1) is 23.3 Å².